The number of anilines is 6. The topological polar surface area (TPSA) is 15.8 Å². The van der Waals surface area contributed by atoms with Crippen molar-refractivity contribution in [3.63, 3.8) is 0 Å². The van der Waals surface area contributed by atoms with Crippen molar-refractivity contribution in [1.29, 1.82) is 0 Å². The van der Waals surface area contributed by atoms with E-state index in [-0.39, 0.29) is 69.7 Å². The highest BCUT2D eigenvalue weighted by Crippen LogP contribution is 2.52. The third kappa shape index (κ3) is 7.37. The van der Waals surface area contributed by atoms with Crippen molar-refractivity contribution in [2.75, 3.05) is 9.80 Å². The van der Waals surface area contributed by atoms with Crippen LogP contribution < -0.4 is 26.2 Å². The van der Waals surface area contributed by atoms with Gasteiger partial charge < -0.3 is 18.8 Å². The average molecular weight is 1140 g/mol. The molecule has 0 atom stereocenters. The Kier molecular flexibility index (Phi) is 8.54. The maximum atomic E-state index is 9.65. The maximum absolute atomic E-state index is 9.65. The van der Waals surface area contributed by atoms with Gasteiger partial charge in [0.2, 0.25) is 0 Å². The van der Waals surface area contributed by atoms with Gasteiger partial charge in [-0.2, -0.15) is 0 Å². The minimum atomic E-state index is -0.620. The standard InChI is InChI=1S/C84H53BN4/c1-4-21-54(22-5-1)57-39-44-60(45-40-57)86-78-52-62(87-74-36-17-15-32-68(74)69-33-16-18-37-75(69)87)48-50-73(78)85-72-49-43-59(56-25-8-3-9-26-56)51-77(72)88(61-46-41-58(42-47-61)55-23-6-2-7-24-55)84-81-71-35-20-34-70-66-30-13-11-28-64(66)63-27-10-12-29-65(63)67-31-14-19-38-76(67)89(83(70)71)79(81)53-80(86)82(84)85/h1-53H/i3D,8D,9D,15D,16D,17D,18D,25D,26D,32D,36D,37D. The fourth-order valence-electron chi connectivity index (χ4n) is 14.7. The monoisotopic (exact) mass is 1140 g/mol. The van der Waals surface area contributed by atoms with Crippen LogP contribution in [0.4, 0.5) is 34.1 Å². The molecule has 2 aliphatic heterocycles. The summed E-state index contributed by atoms with van der Waals surface area (Å²) >= 11 is 0. The SMILES string of the molecule is [2H]c1cc2c3c([2H])c([2H])c([2H])c([2H])c3n(-c3ccc4c(c3)N(c3ccc(-c5ccccc5)cc3)c3cc5c(c6c3B4c3ccc(-c4c([2H])c([2H])c([2H])c([2H])c4[2H])cc3N6c3ccc(-c4ccccc4)cc3)c3cccc4c6ccccc6c6ccccc6c6ccccc6n5c43)c2c([2H])c1[2H]. The van der Waals surface area contributed by atoms with E-state index in [1.807, 2.05) is 66.7 Å². The molecule has 5 heteroatoms. The van der Waals surface area contributed by atoms with Crippen molar-refractivity contribution in [2.24, 2.45) is 0 Å². The summed E-state index contributed by atoms with van der Waals surface area (Å²) in [6.07, 6.45) is 0. The van der Waals surface area contributed by atoms with Crippen molar-refractivity contribution in [3.05, 3.63) is 321 Å². The molecule has 0 amide bonds. The Morgan fingerprint density at radius 1 is 0.281 bits per heavy atom. The quantitative estimate of drug-likeness (QED) is 0.154. The van der Waals surface area contributed by atoms with E-state index >= 15 is 0 Å². The van der Waals surface area contributed by atoms with Crippen LogP contribution in [0, 0.1) is 0 Å². The Balaban J connectivity index is 1.03. The van der Waals surface area contributed by atoms with Gasteiger partial charge in [-0.15, -0.1) is 0 Å². The van der Waals surface area contributed by atoms with Crippen molar-refractivity contribution in [2.45, 2.75) is 0 Å². The molecule has 0 unspecified atom stereocenters. The zero-order valence-corrected chi connectivity index (χ0v) is 47.5. The first-order chi connectivity index (χ1) is 49.2. The highest BCUT2D eigenvalue weighted by molar-refractivity contribution is 7.00. The third-order valence-corrected chi connectivity index (χ3v) is 18.5. The third-order valence-electron chi connectivity index (χ3n) is 18.5. The molecule has 0 N–H and O–H groups in total. The van der Waals surface area contributed by atoms with Crippen LogP contribution in [-0.2, 0) is 0 Å². The molecule has 19 rings (SSSR count). The van der Waals surface area contributed by atoms with E-state index in [1.165, 1.54) is 6.07 Å². The van der Waals surface area contributed by atoms with E-state index in [1.54, 1.807) is 4.57 Å². The van der Waals surface area contributed by atoms with E-state index in [0.717, 1.165) is 121 Å². The van der Waals surface area contributed by atoms with Crippen LogP contribution >= 0.6 is 0 Å². The summed E-state index contributed by atoms with van der Waals surface area (Å²) in [5.41, 5.74) is 15.2. The fraction of sp³-hybridized carbons (Fsp3) is 0. The number of hydrogen-bond donors (Lipinski definition) is 0. The van der Waals surface area contributed by atoms with Crippen LogP contribution in [0.5, 0.6) is 0 Å². The van der Waals surface area contributed by atoms with E-state index in [2.05, 4.69) is 190 Å². The molecule has 14 aromatic carbocycles. The van der Waals surface area contributed by atoms with Gasteiger partial charge in [-0.3, -0.25) is 0 Å². The zero-order chi connectivity index (χ0) is 68.7. The second-order valence-electron chi connectivity index (χ2n) is 23.0. The maximum Gasteiger partial charge on any atom is 0.252 e. The summed E-state index contributed by atoms with van der Waals surface area (Å²) in [4.78, 5) is 4.60. The number of aromatic nitrogens is 2. The Morgan fingerprint density at radius 3 is 1.47 bits per heavy atom. The molecule has 3 aromatic heterocycles. The summed E-state index contributed by atoms with van der Waals surface area (Å²) in [6.45, 7) is -0.620. The second-order valence-corrected chi connectivity index (χ2v) is 23.0. The lowest BCUT2D eigenvalue weighted by Crippen LogP contribution is -2.61. The van der Waals surface area contributed by atoms with Crippen LogP contribution in [0.25, 0.3) is 121 Å². The van der Waals surface area contributed by atoms with Crippen molar-refractivity contribution in [1.82, 2.24) is 8.97 Å². The van der Waals surface area contributed by atoms with Crippen LogP contribution in [0.2, 0.25) is 0 Å². The van der Waals surface area contributed by atoms with Gasteiger partial charge in [-0.25, -0.2) is 0 Å². The second kappa shape index (κ2) is 19.4. The van der Waals surface area contributed by atoms with Crippen LogP contribution in [-0.4, -0.2) is 15.7 Å². The Bertz CT molecular complexity index is 6530. The molecule has 0 radical (unpaired) electrons. The first-order valence-corrected chi connectivity index (χ1v) is 29.9. The lowest BCUT2D eigenvalue weighted by atomic mass is 9.33. The van der Waals surface area contributed by atoms with E-state index < -0.39 is 36.9 Å². The summed E-state index contributed by atoms with van der Waals surface area (Å²) in [5, 5.41) is 8.55. The zero-order valence-electron chi connectivity index (χ0n) is 59.5. The van der Waals surface area contributed by atoms with Gasteiger partial charge in [0.05, 0.1) is 49.7 Å². The van der Waals surface area contributed by atoms with E-state index in [0.29, 0.717) is 22.6 Å². The van der Waals surface area contributed by atoms with Crippen LogP contribution in [0.1, 0.15) is 16.4 Å². The Hall–Kier alpha value is -11.7. The molecule has 0 fully saturated rings. The molecule has 5 heterocycles. The molecule has 0 spiro atoms. The fourth-order valence-corrected chi connectivity index (χ4v) is 14.7. The van der Waals surface area contributed by atoms with E-state index in [4.69, 9.17) is 9.60 Å². The van der Waals surface area contributed by atoms with Crippen LogP contribution in [0.3, 0.4) is 0 Å². The largest absolute Gasteiger partial charge is 0.311 e. The normalized spacial score (nSPS) is 14.5. The molecule has 2 aliphatic rings. The Labute approximate surface area is 531 Å². The first-order valence-electron chi connectivity index (χ1n) is 35.9. The summed E-state index contributed by atoms with van der Waals surface area (Å²) in [6, 6.07) is 80.8. The molecule has 0 aliphatic carbocycles. The van der Waals surface area contributed by atoms with Crippen molar-refractivity contribution in [3.8, 4) is 39.1 Å². The van der Waals surface area contributed by atoms with Gasteiger partial charge >= 0.3 is 0 Å². The number of rotatable bonds is 6. The lowest BCUT2D eigenvalue weighted by Gasteiger charge is -2.44. The number of nitrogens with zero attached hydrogens (tertiary/aromatic N) is 4. The molecule has 412 valence electrons. The molecule has 0 saturated carbocycles. The lowest BCUT2D eigenvalue weighted by molar-refractivity contribution is 1.17. The van der Waals surface area contributed by atoms with Gasteiger partial charge in [0.15, 0.2) is 0 Å². The average Bonchev–Trinajstić information content (AvgIpc) is 1.65. The number of fused-ring (bicyclic) bond motifs is 18. The highest BCUT2D eigenvalue weighted by Gasteiger charge is 2.45. The molecular formula is C84H53BN4. The van der Waals surface area contributed by atoms with Crippen LogP contribution in [0.15, 0.2) is 321 Å². The van der Waals surface area contributed by atoms with Gasteiger partial charge in [-0.05, 0) is 138 Å². The molecule has 4 nitrogen and oxygen atoms in total. The molecule has 89 heavy (non-hydrogen) atoms. The van der Waals surface area contributed by atoms with Gasteiger partial charge in [-0.1, -0.05) is 255 Å². The summed E-state index contributed by atoms with van der Waals surface area (Å²) < 4.78 is 114. The molecule has 0 bridgehead atoms. The van der Waals surface area contributed by atoms with E-state index in [9.17, 15) is 6.85 Å². The molecule has 0 saturated heterocycles. The number of para-hydroxylation sites is 4. The number of hydrogen-bond acceptors (Lipinski definition) is 2. The first kappa shape index (κ1) is 39.1. The predicted molar refractivity (Wildman–Crippen MR) is 378 cm³/mol. The predicted octanol–water partition coefficient (Wildman–Crippen LogP) is 20.4. The smallest absolute Gasteiger partial charge is 0.252 e. The van der Waals surface area contributed by atoms with Gasteiger partial charge in [0, 0.05) is 66.4 Å². The number of benzene rings is 14. The molecular weight excluding hydrogens is 1080 g/mol. The van der Waals surface area contributed by atoms with Crippen molar-refractivity contribution < 1.29 is 16.4 Å². The Morgan fingerprint density at radius 2 is 0.775 bits per heavy atom. The van der Waals surface area contributed by atoms with Gasteiger partial charge in [0.25, 0.3) is 6.71 Å². The van der Waals surface area contributed by atoms with Crippen molar-refractivity contribution >= 4 is 139 Å². The molecule has 17 aromatic rings. The highest BCUT2D eigenvalue weighted by atomic mass is 15.2. The summed E-state index contributed by atoms with van der Waals surface area (Å²) in [5.74, 6) is 0. The minimum Gasteiger partial charge on any atom is -0.311 e. The minimum absolute atomic E-state index is 0.0548. The van der Waals surface area contributed by atoms with Gasteiger partial charge in [0.1, 0.15) is 0 Å². The summed E-state index contributed by atoms with van der Waals surface area (Å²) in [7, 11) is 0.